The second kappa shape index (κ2) is 5.64. The molecule has 6 atom stereocenters. The second-order valence-electron chi connectivity index (χ2n) is 8.14. The molecule has 5 nitrogen and oxygen atoms in total. The number of carbonyl (C=O) groups is 2. The highest BCUT2D eigenvalue weighted by Gasteiger charge is 2.58. The Morgan fingerprint density at radius 2 is 2.08 bits per heavy atom. The Morgan fingerprint density at radius 1 is 1.32 bits per heavy atom. The van der Waals surface area contributed by atoms with Gasteiger partial charge in [-0.3, -0.25) is 9.59 Å². The smallest absolute Gasteiger partial charge is 0.308 e. The number of rotatable bonds is 1. The van der Waals surface area contributed by atoms with E-state index in [9.17, 15) is 19.8 Å². The number of Topliss-reactive ketones (excluding diaryl/α,β-unsaturated/α-hetero) is 1. The molecule has 1 aromatic carbocycles. The molecule has 0 unspecified atom stereocenters. The highest BCUT2D eigenvalue weighted by Crippen LogP contribution is 2.60. The predicted molar refractivity (Wildman–Crippen MR) is 90.4 cm³/mol. The van der Waals surface area contributed by atoms with Gasteiger partial charge in [-0.2, -0.15) is 0 Å². The van der Waals surface area contributed by atoms with Gasteiger partial charge in [-0.15, -0.1) is 0 Å². The Labute approximate surface area is 147 Å². The van der Waals surface area contributed by atoms with Crippen molar-refractivity contribution < 1.29 is 24.5 Å². The number of aliphatic hydroxyl groups is 2. The minimum absolute atomic E-state index is 0.0605. The minimum atomic E-state index is -0.707. The fraction of sp³-hybridized carbons (Fsp3) is 0.600. The number of aliphatic hydroxyl groups excluding tert-OH is 2. The molecule has 0 spiro atoms. The van der Waals surface area contributed by atoms with E-state index in [-0.39, 0.29) is 29.0 Å². The molecule has 4 rings (SSSR count). The number of hydrogen-bond acceptors (Lipinski definition) is 5. The molecule has 1 aromatic rings. The van der Waals surface area contributed by atoms with Gasteiger partial charge in [0.15, 0.2) is 5.78 Å². The second-order valence-corrected chi connectivity index (χ2v) is 8.14. The van der Waals surface area contributed by atoms with Crippen molar-refractivity contribution in [3.05, 3.63) is 29.3 Å². The van der Waals surface area contributed by atoms with Crippen LogP contribution >= 0.6 is 0 Å². The van der Waals surface area contributed by atoms with Gasteiger partial charge in [-0.25, -0.2) is 0 Å². The van der Waals surface area contributed by atoms with Crippen LogP contribution in [0.3, 0.4) is 0 Å². The first-order chi connectivity index (χ1) is 11.8. The Balaban J connectivity index is 1.70. The van der Waals surface area contributed by atoms with Crippen LogP contribution in [0.4, 0.5) is 0 Å². The summed E-state index contributed by atoms with van der Waals surface area (Å²) >= 11 is 0. The van der Waals surface area contributed by atoms with Crippen LogP contribution in [0.25, 0.3) is 0 Å². The lowest BCUT2D eigenvalue weighted by Crippen LogP contribution is -2.45. The number of esters is 1. The van der Waals surface area contributed by atoms with Gasteiger partial charge in [0.2, 0.25) is 0 Å². The molecule has 3 aliphatic rings. The molecule has 0 saturated heterocycles. The van der Waals surface area contributed by atoms with E-state index in [1.807, 2.05) is 6.07 Å². The predicted octanol–water partition coefficient (Wildman–Crippen LogP) is 2.44. The maximum Gasteiger partial charge on any atom is 0.308 e. The molecule has 0 radical (unpaired) electrons. The molecule has 2 saturated carbocycles. The molecule has 0 aromatic heterocycles. The molecule has 3 aliphatic carbocycles. The van der Waals surface area contributed by atoms with Gasteiger partial charge in [0.1, 0.15) is 5.75 Å². The van der Waals surface area contributed by atoms with E-state index in [0.717, 1.165) is 18.4 Å². The van der Waals surface area contributed by atoms with Crippen molar-refractivity contribution in [2.75, 3.05) is 0 Å². The minimum Gasteiger partial charge on any atom is -0.427 e. The highest BCUT2D eigenvalue weighted by molar-refractivity contribution is 5.99. The largest absolute Gasteiger partial charge is 0.427 e. The van der Waals surface area contributed by atoms with E-state index in [1.165, 1.54) is 6.92 Å². The third-order valence-electron chi connectivity index (χ3n) is 6.82. The monoisotopic (exact) mass is 344 g/mol. The van der Waals surface area contributed by atoms with Gasteiger partial charge in [0, 0.05) is 18.9 Å². The summed E-state index contributed by atoms with van der Waals surface area (Å²) in [6, 6.07) is 5.34. The fourth-order valence-electron chi connectivity index (χ4n) is 5.60. The molecular weight excluding hydrogens is 320 g/mol. The van der Waals surface area contributed by atoms with E-state index in [2.05, 4.69) is 6.92 Å². The van der Waals surface area contributed by atoms with Crippen molar-refractivity contribution in [3.8, 4) is 5.75 Å². The van der Waals surface area contributed by atoms with Crippen molar-refractivity contribution in [3.63, 3.8) is 0 Å². The van der Waals surface area contributed by atoms with E-state index in [0.29, 0.717) is 24.2 Å². The summed E-state index contributed by atoms with van der Waals surface area (Å²) in [4.78, 5) is 23.9. The lowest BCUT2D eigenvalue weighted by molar-refractivity contribution is -0.131. The zero-order valence-electron chi connectivity index (χ0n) is 14.6. The third-order valence-corrected chi connectivity index (χ3v) is 6.82. The zero-order chi connectivity index (χ0) is 17.9. The van der Waals surface area contributed by atoms with Crippen LogP contribution in [-0.2, 0) is 4.79 Å². The van der Waals surface area contributed by atoms with Gasteiger partial charge in [0.25, 0.3) is 0 Å². The summed E-state index contributed by atoms with van der Waals surface area (Å²) in [6.45, 7) is 3.40. The molecule has 0 heterocycles. The topological polar surface area (TPSA) is 83.8 Å². The van der Waals surface area contributed by atoms with Crippen molar-refractivity contribution in [2.24, 2.45) is 17.3 Å². The molecule has 0 bridgehead atoms. The van der Waals surface area contributed by atoms with Gasteiger partial charge >= 0.3 is 5.97 Å². The Bertz CT molecular complexity index is 742. The first kappa shape index (κ1) is 16.7. The summed E-state index contributed by atoms with van der Waals surface area (Å²) in [5.74, 6) is 0.639. The fourth-order valence-corrected chi connectivity index (χ4v) is 5.60. The van der Waals surface area contributed by atoms with Gasteiger partial charge in [0.05, 0.1) is 12.2 Å². The van der Waals surface area contributed by atoms with Crippen molar-refractivity contribution >= 4 is 11.8 Å². The quantitative estimate of drug-likeness (QED) is 0.604. The lowest BCUT2D eigenvalue weighted by Gasteiger charge is -2.49. The number of ketones is 1. The number of ether oxygens (including phenoxy) is 1. The Hall–Kier alpha value is -1.72. The van der Waals surface area contributed by atoms with Gasteiger partial charge in [-0.05, 0) is 60.1 Å². The number of hydrogen-bond donors (Lipinski definition) is 2. The van der Waals surface area contributed by atoms with Crippen LogP contribution in [-0.4, -0.2) is 34.2 Å². The molecule has 2 N–H and O–H groups in total. The molecule has 5 heteroatoms. The molecule has 134 valence electrons. The zero-order valence-corrected chi connectivity index (χ0v) is 14.6. The maximum atomic E-state index is 12.8. The third kappa shape index (κ3) is 2.44. The first-order valence-corrected chi connectivity index (χ1v) is 9.03. The standard InChI is InChI=1S/C20H24O5/c1-10(21)25-11-3-4-12-13-5-6-20(2)16(9-18(23)19(20)24)14(13)8-17(22)15(12)7-11/h3-4,7,13-14,16,18-19,23-24H,5-6,8-9H2,1-2H3/t13-,14-,16+,18-,19+,20+/m1/s1. The number of carbonyl (C=O) groups excluding carboxylic acids is 2. The first-order valence-electron chi connectivity index (χ1n) is 9.03. The molecule has 2 fully saturated rings. The molecule has 0 aliphatic heterocycles. The lowest BCUT2D eigenvalue weighted by atomic mass is 9.55. The molecule has 0 amide bonds. The highest BCUT2D eigenvalue weighted by atomic mass is 16.5. The van der Waals surface area contributed by atoms with Crippen molar-refractivity contribution in [1.29, 1.82) is 0 Å². The average molecular weight is 344 g/mol. The van der Waals surface area contributed by atoms with Crippen LogP contribution in [0.2, 0.25) is 0 Å². The van der Waals surface area contributed by atoms with E-state index < -0.39 is 18.2 Å². The summed E-state index contributed by atoms with van der Waals surface area (Å²) in [7, 11) is 0. The number of benzene rings is 1. The summed E-state index contributed by atoms with van der Waals surface area (Å²) < 4.78 is 5.12. The Morgan fingerprint density at radius 3 is 2.80 bits per heavy atom. The van der Waals surface area contributed by atoms with Crippen LogP contribution < -0.4 is 4.74 Å². The molecular formula is C20H24O5. The van der Waals surface area contributed by atoms with Gasteiger partial charge in [-0.1, -0.05) is 13.0 Å². The van der Waals surface area contributed by atoms with Crippen LogP contribution in [0, 0.1) is 17.3 Å². The van der Waals surface area contributed by atoms with Crippen molar-refractivity contribution in [1.82, 2.24) is 0 Å². The SMILES string of the molecule is CC(=O)Oc1ccc2c(c1)C(=O)C[C@@H]1[C@@H]2CC[C@]2(C)[C@@H](O)[C@H](O)C[C@@H]12. The normalized spacial score (nSPS) is 39.4. The van der Waals surface area contributed by atoms with Gasteiger partial charge < -0.3 is 14.9 Å². The summed E-state index contributed by atoms with van der Waals surface area (Å²) in [5, 5.41) is 20.6. The van der Waals surface area contributed by atoms with Crippen LogP contribution in [0.1, 0.15) is 61.4 Å². The average Bonchev–Trinajstić information content (AvgIpc) is 2.79. The molecule has 25 heavy (non-hydrogen) atoms. The van der Waals surface area contributed by atoms with E-state index >= 15 is 0 Å². The summed E-state index contributed by atoms with van der Waals surface area (Å²) in [5.41, 5.74) is 1.37. The van der Waals surface area contributed by atoms with E-state index in [4.69, 9.17) is 4.74 Å². The maximum absolute atomic E-state index is 12.8. The van der Waals surface area contributed by atoms with Crippen LogP contribution in [0.5, 0.6) is 5.75 Å². The Kier molecular flexibility index (Phi) is 3.78. The van der Waals surface area contributed by atoms with Crippen molar-refractivity contribution in [2.45, 2.75) is 57.7 Å². The van der Waals surface area contributed by atoms with E-state index in [1.54, 1.807) is 12.1 Å². The summed E-state index contributed by atoms with van der Waals surface area (Å²) in [6.07, 6.45) is 1.33. The van der Waals surface area contributed by atoms with Crippen LogP contribution in [0.15, 0.2) is 18.2 Å². The number of fused-ring (bicyclic) bond motifs is 5.